The lowest BCUT2D eigenvalue weighted by atomic mass is 10.1. The average Bonchev–Trinajstić information content (AvgIpc) is 2.87. The molecular weight excluding hydrogens is 308 g/mol. The van der Waals surface area contributed by atoms with Crippen molar-refractivity contribution in [2.45, 2.75) is 33.5 Å². The molecule has 0 radical (unpaired) electrons. The van der Waals surface area contributed by atoms with E-state index >= 15 is 0 Å². The lowest BCUT2D eigenvalue weighted by Gasteiger charge is -2.11. The Hall–Kier alpha value is -1.92. The van der Waals surface area contributed by atoms with Gasteiger partial charge in [0.2, 0.25) is 0 Å². The van der Waals surface area contributed by atoms with E-state index < -0.39 is 0 Å². The Labute approximate surface area is 141 Å². The maximum Gasteiger partial charge on any atom is 0.191 e. The highest BCUT2D eigenvalue weighted by molar-refractivity contribution is 7.11. The highest BCUT2D eigenvalue weighted by Gasteiger charge is 2.05. The zero-order chi connectivity index (χ0) is 16.7. The van der Waals surface area contributed by atoms with E-state index in [-0.39, 0.29) is 0 Å². The summed E-state index contributed by atoms with van der Waals surface area (Å²) in [6.45, 7) is 6.19. The number of ether oxygens (including phenoxy) is 1. The van der Waals surface area contributed by atoms with Crippen molar-refractivity contribution in [1.29, 1.82) is 0 Å². The molecule has 0 spiro atoms. The predicted octanol–water partition coefficient (Wildman–Crippen LogP) is 2.77. The summed E-state index contributed by atoms with van der Waals surface area (Å²) in [4.78, 5) is 10.0. The summed E-state index contributed by atoms with van der Waals surface area (Å²) < 4.78 is 5.12. The van der Waals surface area contributed by atoms with Crippen molar-refractivity contribution in [3.63, 3.8) is 0 Å². The molecule has 0 aliphatic heterocycles. The molecule has 0 amide bonds. The van der Waals surface area contributed by atoms with Crippen LogP contribution in [0.3, 0.4) is 0 Å². The van der Waals surface area contributed by atoms with E-state index in [0.29, 0.717) is 13.2 Å². The van der Waals surface area contributed by atoms with E-state index in [1.807, 2.05) is 6.92 Å². The number of hydrogen-bond acceptors (Lipinski definition) is 4. The van der Waals surface area contributed by atoms with E-state index in [2.05, 4.69) is 51.8 Å². The average molecular weight is 332 g/mol. The molecule has 0 atom stereocenters. The highest BCUT2D eigenvalue weighted by atomic mass is 32.1. The van der Waals surface area contributed by atoms with Gasteiger partial charge >= 0.3 is 0 Å². The smallest absolute Gasteiger partial charge is 0.191 e. The Morgan fingerprint density at radius 2 is 1.78 bits per heavy atom. The van der Waals surface area contributed by atoms with Crippen LogP contribution in [0.25, 0.3) is 0 Å². The van der Waals surface area contributed by atoms with Crippen LogP contribution < -0.4 is 10.6 Å². The summed E-state index contributed by atoms with van der Waals surface area (Å²) in [7, 11) is 3.48. The van der Waals surface area contributed by atoms with Gasteiger partial charge in [-0.3, -0.25) is 4.99 Å². The lowest BCUT2D eigenvalue weighted by molar-refractivity contribution is 0.185. The maximum absolute atomic E-state index is 5.12. The normalized spacial score (nSPS) is 11.6. The van der Waals surface area contributed by atoms with E-state index in [9.17, 15) is 0 Å². The van der Waals surface area contributed by atoms with Crippen LogP contribution in [0.2, 0.25) is 0 Å². The summed E-state index contributed by atoms with van der Waals surface area (Å²) in [6, 6.07) is 8.36. The van der Waals surface area contributed by atoms with Gasteiger partial charge in [0.05, 0.1) is 18.8 Å². The van der Waals surface area contributed by atoms with E-state index in [0.717, 1.165) is 23.2 Å². The van der Waals surface area contributed by atoms with Gasteiger partial charge in [-0.15, -0.1) is 11.3 Å². The molecule has 0 saturated heterocycles. The number of aromatic nitrogens is 1. The van der Waals surface area contributed by atoms with Gasteiger partial charge in [-0.25, -0.2) is 4.98 Å². The molecule has 1 aromatic heterocycles. The molecule has 0 fully saturated rings. The second kappa shape index (κ2) is 8.64. The third-order valence-corrected chi connectivity index (χ3v) is 4.57. The van der Waals surface area contributed by atoms with Crippen LogP contribution in [-0.2, 0) is 24.4 Å². The van der Waals surface area contributed by atoms with Crippen LogP contribution in [0.15, 0.2) is 29.3 Å². The molecule has 1 aromatic carbocycles. The fraction of sp³-hybridized carbons (Fsp3) is 0.412. The number of nitrogens with one attached hydrogen (secondary N) is 2. The molecule has 0 aliphatic carbocycles. The number of guanidine groups is 1. The molecular formula is C17H24N4OS. The minimum atomic E-state index is 0.642. The number of aryl methyl sites for hydroxylation is 2. The molecule has 1 heterocycles. The first-order valence-corrected chi connectivity index (χ1v) is 8.38. The monoisotopic (exact) mass is 332 g/mol. The van der Waals surface area contributed by atoms with Gasteiger partial charge in [-0.2, -0.15) is 0 Å². The van der Waals surface area contributed by atoms with E-state index in [1.54, 1.807) is 25.5 Å². The standard InChI is InChI=1S/C17H24N4OS/c1-12-13(2)23-16(21-12)10-20-17(18-3)19-9-14-5-7-15(8-6-14)11-22-4/h5-8H,9-11H2,1-4H3,(H2,18,19,20). The Balaban J connectivity index is 1.82. The first-order valence-electron chi connectivity index (χ1n) is 7.56. The van der Waals surface area contributed by atoms with Crippen LogP contribution in [0, 0.1) is 13.8 Å². The lowest BCUT2D eigenvalue weighted by Crippen LogP contribution is -2.36. The van der Waals surface area contributed by atoms with Crippen LogP contribution in [-0.4, -0.2) is 25.1 Å². The third kappa shape index (κ3) is 5.33. The molecule has 2 rings (SSSR count). The first-order chi connectivity index (χ1) is 11.1. The third-order valence-electron chi connectivity index (χ3n) is 3.50. The number of hydrogen-bond donors (Lipinski definition) is 2. The van der Waals surface area contributed by atoms with Crippen molar-refractivity contribution < 1.29 is 4.74 Å². The van der Waals surface area contributed by atoms with Gasteiger partial charge in [0.15, 0.2) is 5.96 Å². The van der Waals surface area contributed by atoms with Crippen molar-refractivity contribution >= 4 is 17.3 Å². The van der Waals surface area contributed by atoms with Crippen molar-refractivity contribution in [2.24, 2.45) is 4.99 Å². The molecule has 6 heteroatoms. The van der Waals surface area contributed by atoms with Crippen LogP contribution in [0.1, 0.15) is 26.7 Å². The summed E-state index contributed by atoms with van der Waals surface area (Å²) in [6.07, 6.45) is 0. The fourth-order valence-electron chi connectivity index (χ4n) is 2.10. The first kappa shape index (κ1) is 17.4. The second-order valence-corrected chi connectivity index (χ2v) is 6.57. The minimum absolute atomic E-state index is 0.642. The Morgan fingerprint density at radius 1 is 1.13 bits per heavy atom. The summed E-state index contributed by atoms with van der Waals surface area (Å²) in [5.74, 6) is 0.775. The number of thiazole rings is 1. The van der Waals surface area contributed by atoms with Gasteiger partial charge < -0.3 is 15.4 Å². The number of methoxy groups -OCH3 is 1. The molecule has 0 unspecified atom stereocenters. The Kier molecular flexibility index (Phi) is 6.55. The van der Waals surface area contributed by atoms with Gasteiger partial charge in [0, 0.05) is 25.6 Å². The van der Waals surface area contributed by atoms with Crippen LogP contribution in [0.5, 0.6) is 0 Å². The Morgan fingerprint density at radius 3 is 2.35 bits per heavy atom. The number of rotatable bonds is 6. The molecule has 2 N–H and O–H groups in total. The maximum atomic E-state index is 5.12. The SMILES string of the molecule is CN=C(NCc1ccc(COC)cc1)NCc1nc(C)c(C)s1. The van der Waals surface area contributed by atoms with Crippen molar-refractivity contribution in [1.82, 2.24) is 15.6 Å². The molecule has 5 nitrogen and oxygen atoms in total. The number of benzene rings is 1. The van der Waals surface area contributed by atoms with Gasteiger partial charge in [0.1, 0.15) is 5.01 Å². The van der Waals surface area contributed by atoms with E-state index in [4.69, 9.17) is 4.74 Å². The van der Waals surface area contributed by atoms with Gasteiger partial charge in [0.25, 0.3) is 0 Å². The number of aliphatic imine (C=N–C) groups is 1. The molecule has 124 valence electrons. The van der Waals surface area contributed by atoms with E-state index in [1.165, 1.54) is 16.0 Å². The summed E-state index contributed by atoms with van der Waals surface area (Å²) in [5, 5.41) is 7.68. The van der Waals surface area contributed by atoms with Crippen molar-refractivity contribution in [2.75, 3.05) is 14.2 Å². The van der Waals surface area contributed by atoms with Crippen LogP contribution in [0.4, 0.5) is 0 Å². The minimum Gasteiger partial charge on any atom is -0.380 e. The summed E-state index contributed by atoms with van der Waals surface area (Å²) in [5.41, 5.74) is 3.48. The molecule has 0 bridgehead atoms. The molecule has 0 saturated carbocycles. The van der Waals surface area contributed by atoms with Crippen molar-refractivity contribution in [3.8, 4) is 0 Å². The van der Waals surface area contributed by atoms with Crippen molar-refractivity contribution in [3.05, 3.63) is 51.0 Å². The molecule has 0 aliphatic rings. The predicted molar refractivity (Wildman–Crippen MR) is 95.8 cm³/mol. The molecule has 23 heavy (non-hydrogen) atoms. The number of nitrogens with zero attached hydrogens (tertiary/aromatic N) is 2. The highest BCUT2D eigenvalue weighted by Crippen LogP contribution is 2.15. The van der Waals surface area contributed by atoms with Gasteiger partial charge in [-0.05, 0) is 25.0 Å². The second-order valence-electron chi connectivity index (χ2n) is 5.28. The quantitative estimate of drug-likeness (QED) is 0.631. The Bertz CT molecular complexity index is 630. The zero-order valence-corrected chi connectivity index (χ0v) is 15.0. The fourth-order valence-corrected chi connectivity index (χ4v) is 2.97. The summed E-state index contributed by atoms with van der Waals surface area (Å²) >= 11 is 1.72. The largest absolute Gasteiger partial charge is 0.380 e. The van der Waals surface area contributed by atoms with Crippen LogP contribution >= 0.6 is 11.3 Å². The van der Waals surface area contributed by atoms with Gasteiger partial charge in [-0.1, -0.05) is 24.3 Å². The zero-order valence-electron chi connectivity index (χ0n) is 14.1. The molecule has 2 aromatic rings. The topological polar surface area (TPSA) is 58.5 Å².